The number of carboxylic acid groups (broad SMARTS) is 2. The van der Waals surface area contributed by atoms with Crippen LogP contribution in [-0.2, 0) is 26.5 Å². The maximum Gasteiger partial charge on any atom is 0.335 e. The third kappa shape index (κ3) is 11.0. The number of hydrogen-bond acceptors (Lipinski definition) is 10. The van der Waals surface area contributed by atoms with Gasteiger partial charge in [-0.3, -0.25) is 14.7 Å². The van der Waals surface area contributed by atoms with Crippen LogP contribution in [0.4, 0.5) is 22.7 Å². The quantitative estimate of drug-likeness (QED) is 0.0481. The number of carboxylic acids is 2. The van der Waals surface area contributed by atoms with Crippen molar-refractivity contribution in [3.63, 3.8) is 0 Å². The third-order valence-electron chi connectivity index (χ3n) is 14.3. The molecule has 2 aliphatic carbocycles. The fraction of sp³-hybridized carbons (Fsp3) is 0.283. The third-order valence-corrected chi connectivity index (χ3v) is 14.3. The number of amides is 1. The van der Waals surface area contributed by atoms with Crippen molar-refractivity contribution in [1.29, 1.82) is 0 Å². The van der Waals surface area contributed by atoms with Crippen LogP contribution in [0.3, 0.4) is 0 Å². The standard InChI is InChI=1S/C30H30N4O4.C17H22N2O.C13H11NO3.BrH/c1-17-25(27(36)34(33-17)20-12-13-22-23(15-20)30(4,5)16-29(22,2)3)32-31-24-11-7-10-21(26(24)35)18-8-6-9-19(14-18)28(37)38;1-11-8-15(20)19(18-11)12-6-7-13-14(9-12)17(4,5)10-16(13,2)3;14-11-6-2-5-10(12(11)15)8-3-1-4-9(7-8)13(16)17;/h6-15,33,35H,16H2,1-5H3,(H,37,38);6-7,9H,8,10H2,1-5H3;1-7,15H,14H2,(H,16,17);1H. The number of nitrogens with one attached hydrogen (secondary N) is 1. The molecule has 76 heavy (non-hydrogen) atoms. The first-order chi connectivity index (χ1) is 35.2. The number of H-pyrrole nitrogens is 1. The van der Waals surface area contributed by atoms with Crippen molar-refractivity contribution < 1.29 is 34.8 Å². The zero-order valence-electron chi connectivity index (χ0n) is 44.3. The zero-order valence-corrected chi connectivity index (χ0v) is 46.0. The molecule has 10 rings (SSSR count). The van der Waals surface area contributed by atoms with Gasteiger partial charge in [0.2, 0.25) is 0 Å². The molecule has 2 heterocycles. The van der Waals surface area contributed by atoms with Crippen molar-refractivity contribution in [1.82, 2.24) is 9.78 Å². The Morgan fingerprint density at radius 1 is 0.605 bits per heavy atom. The van der Waals surface area contributed by atoms with Crippen LogP contribution in [0.1, 0.15) is 130 Å². The Hall–Kier alpha value is -8.11. The Bertz CT molecular complexity index is 3570. The van der Waals surface area contributed by atoms with Crippen LogP contribution in [0, 0.1) is 6.92 Å². The number of carbonyl (C=O) groups excluding carboxylic acids is 1. The largest absolute Gasteiger partial charge is 0.505 e. The summed E-state index contributed by atoms with van der Waals surface area (Å²) in [6, 6.07) is 35.0. The summed E-state index contributed by atoms with van der Waals surface area (Å²) in [6.45, 7) is 21.8. The number of phenols is 2. The minimum atomic E-state index is -1.06. The second-order valence-electron chi connectivity index (χ2n) is 22.2. The number of aromatic nitrogens is 2. The number of benzene rings is 6. The fourth-order valence-electron chi connectivity index (χ4n) is 11.2. The van der Waals surface area contributed by atoms with Crippen LogP contribution in [0.15, 0.2) is 141 Å². The predicted octanol–water partition coefficient (Wildman–Crippen LogP) is 13.6. The summed E-state index contributed by atoms with van der Waals surface area (Å²) >= 11 is 0. The summed E-state index contributed by atoms with van der Waals surface area (Å²) in [7, 11) is 0. The summed E-state index contributed by atoms with van der Waals surface area (Å²) in [5.41, 5.74) is 16.9. The van der Waals surface area contributed by atoms with Crippen molar-refractivity contribution >= 4 is 63.3 Å². The van der Waals surface area contributed by atoms with Crippen molar-refractivity contribution in [2.75, 3.05) is 10.7 Å². The second-order valence-corrected chi connectivity index (χ2v) is 22.2. The van der Waals surface area contributed by atoms with E-state index in [9.17, 15) is 34.5 Å². The van der Waals surface area contributed by atoms with Gasteiger partial charge in [-0.15, -0.1) is 27.2 Å². The van der Waals surface area contributed by atoms with Gasteiger partial charge in [-0.2, -0.15) is 5.10 Å². The summed E-state index contributed by atoms with van der Waals surface area (Å²) in [5, 5.41) is 56.2. The van der Waals surface area contributed by atoms with E-state index < -0.39 is 11.9 Å². The molecule has 1 aromatic heterocycles. The van der Waals surface area contributed by atoms with Crippen LogP contribution in [0.2, 0.25) is 0 Å². The monoisotopic (exact) mass is 1090 g/mol. The molecular formula is C60H64BrN7O8. The van der Waals surface area contributed by atoms with Crippen LogP contribution >= 0.6 is 17.0 Å². The first kappa shape index (κ1) is 55.6. The molecular weight excluding hydrogens is 1030 g/mol. The van der Waals surface area contributed by atoms with Gasteiger partial charge in [0.15, 0.2) is 11.4 Å². The minimum absolute atomic E-state index is 0. The van der Waals surface area contributed by atoms with Crippen LogP contribution in [-0.4, -0.2) is 53.8 Å². The van der Waals surface area contributed by atoms with E-state index in [0.717, 1.165) is 29.9 Å². The number of phenolic OH excluding ortho intramolecular Hbond substituents is 2. The van der Waals surface area contributed by atoms with Crippen molar-refractivity contribution in [3.05, 3.63) is 171 Å². The predicted molar refractivity (Wildman–Crippen MR) is 304 cm³/mol. The number of rotatable bonds is 8. The summed E-state index contributed by atoms with van der Waals surface area (Å²) in [4.78, 5) is 47.5. The molecule has 6 aromatic carbocycles. The second kappa shape index (κ2) is 20.9. The Balaban J connectivity index is 0.000000185. The number of azo groups is 1. The molecule has 0 unspecified atom stereocenters. The van der Waals surface area contributed by atoms with Gasteiger partial charge in [0, 0.05) is 16.8 Å². The molecule has 0 bridgehead atoms. The van der Waals surface area contributed by atoms with E-state index in [-0.39, 0.29) is 89.8 Å². The van der Waals surface area contributed by atoms with Crippen LogP contribution in [0.5, 0.6) is 11.5 Å². The lowest BCUT2D eigenvalue weighted by Crippen LogP contribution is -2.20. The van der Waals surface area contributed by atoms with E-state index in [1.165, 1.54) is 51.2 Å². The lowest BCUT2D eigenvalue weighted by atomic mass is 9.82. The molecule has 3 aliphatic rings. The van der Waals surface area contributed by atoms with Gasteiger partial charge in [-0.05, 0) is 142 Å². The molecule has 7 N–H and O–H groups in total. The number of aryl methyl sites for hydroxylation is 1. The van der Waals surface area contributed by atoms with Crippen molar-refractivity contribution in [3.8, 4) is 39.4 Å². The molecule has 1 aliphatic heterocycles. The van der Waals surface area contributed by atoms with Gasteiger partial charge in [-0.25, -0.2) is 19.3 Å². The maximum absolute atomic E-state index is 13.3. The number of aromatic carboxylic acids is 2. The molecule has 0 radical (unpaired) electrons. The topological polar surface area (TPSA) is 236 Å². The van der Waals surface area contributed by atoms with E-state index in [1.807, 2.05) is 19.1 Å². The number of carbonyl (C=O) groups is 3. The highest BCUT2D eigenvalue weighted by molar-refractivity contribution is 8.93. The van der Waals surface area contributed by atoms with Gasteiger partial charge < -0.3 is 26.2 Å². The first-order valence-corrected chi connectivity index (χ1v) is 24.7. The molecule has 394 valence electrons. The smallest absolute Gasteiger partial charge is 0.335 e. The van der Waals surface area contributed by atoms with Crippen LogP contribution in [0.25, 0.3) is 27.9 Å². The van der Waals surface area contributed by atoms with Crippen molar-refractivity contribution in [2.24, 2.45) is 15.3 Å². The van der Waals surface area contributed by atoms with Crippen LogP contribution < -0.4 is 16.3 Å². The lowest BCUT2D eigenvalue weighted by Gasteiger charge is -2.22. The molecule has 0 fully saturated rings. The number of anilines is 2. The van der Waals surface area contributed by atoms with Gasteiger partial charge >= 0.3 is 11.9 Å². The molecule has 0 atom stereocenters. The number of aromatic amines is 1. The molecule has 15 nitrogen and oxygen atoms in total. The summed E-state index contributed by atoms with van der Waals surface area (Å²) < 4.78 is 1.47. The molecule has 0 saturated carbocycles. The molecule has 0 saturated heterocycles. The minimum Gasteiger partial charge on any atom is -0.505 e. The summed E-state index contributed by atoms with van der Waals surface area (Å²) in [6.07, 6.45) is 2.60. The molecule has 1 amide bonds. The van der Waals surface area contributed by atoms with E-state index >= 15 is 0 Å². The Morgan fingerprint density at radius 2 is 1.08 bits per heavy atom. The van der Waals surface area contributed by atoms with E-state index in [2.05, 4.69) is 100 Å². The lowest BCUT2D eigenvalue weighted by molar-refractivity contribution is -0.116. The first-order valence-electron chi connectivity index (χ1n) is 24.7. The van der Waals surface area contributed by atoms with E-state index in [0.29, 0.717) is 34.4 Å². The number of nitrogen functional groups attached to an aromatic ring is 1. The SMILES string of the molecule is Br.CC1=NN(c2ccc3c(c2)C(C)(C)CC3(C)C)C(=O)C1.Cc1[nH]n(-c2ccc3c(c2)C(C)(C)CC3(C)C)c(=O)c1N=Nc1cccc(-c2cccc(C(=O)O)c2)c1O.Nc1cccc(-c2cccc(C(=O)O)c2)c1O. The number of hydrogen-bond donors (Lipinski definition) is 6. The van der Waals surface area contributed by atoms with Crippen molar-refractivity contribution in [2.45, 2.75) is 110 Å². The Kier molecular flexibility index (Phi) is 15.3. The average Bonchev–Trinajstić information content (AvgIpc) is 3.98. The number of halogens is 1. The normalized spacial score (nSPS) is 16.1. The summed E-state index contributed by atoms with van der Waals surface area (Å²) in [5.74, 6) is -2.18. The number of hydrazone groups is 1. The van der Waals surface area contributed by atoms with E-state index in [1.54, 1.807) is 72.6 Å². The number of nitrogens with two attached hydrogens (primary N) is 1. The van der Waals surface area contributed by atoms with Gasteiger partial charge in [0.05, 0.1) is 40.3 Å². The fourth-order valence-corrected chi connectivity index (χ4v) is 11.2. The highest BCUT2D eigenvalue weighted by atomic mass is 79.9. The van der Waals surface area contributed by atoms with Gasteiger partial charge in [-0.1, -0.05) is 116 Å². The van der Waals surface area contributed by atoms with Gasteiger partial charge in [0.1, 0.15) is 11.4 Å². The van der Waals surface area contributed by atoms with Gasteiger partial charge in [0.25, 0.3) is 11.5 Å². The average molecular weight is 1090 g/mol. The number of para-hydroxylation sites is 2. The molecule has 7 aromatic rings. The number of fused-ring (bicyclic) bond motifs is 2. The molecule has 0 spiro atoms. The molecule has 16 heteroatoms. The van der Waals surface area contributed by atoms with E-state index in [4.69, 9.17) is 10.8 Å². The Morgan fingerprint density at radius 3 is 1.59 bits per heavy atom. The Labute approximate surface area is 452 Å². The zero-order chi connectivity index (χ0) is 54.5. The maximum atomic E-state index is 13.3. The highest BCUT2D eigenvalue weighted by Crippen LogP contribution is 2.51. The highest BCUT2D eigenvalue weighted by Gasteiger charge is 2.43. The number of aromatic hydroxyl groups is 2. The number of nitrogens with zero attached hydrogens (tertiary/aromatic N) is 5.